The molecule has 4 rings (SSSR count). The number of amides is 1. The molecule has 0 saturated carbocycles. The molecule has 33 heavy (non-hydrogen) atoms. The molecule has 1 N–H and O–H groups in total. The number of hydrogen-bond donors (Lipinski definition) is 1. The van der Waals surface area contributed by atoms with Gasteiger partial charge in [0.2, 0.25) is 0 Å². The molecule has 0 radical (unpaired) electrons. The first kappa shape index (κ1) is 25.5. The van der Waals surface area contributed by atoms with Crippen LogP contribution in [0.15, 0.2) is 18.5 Å². The SMILES string of the molecule is CC.CC[C@H]1CCCN(C2CCN(c3ncc(C(=O)NCc4ncc(F)cc4F)s3)CC2)C1.[HH]. The van der Waals surface area contributed by atoms with E-state index in [4.69, 9.17) is 0 Å². The minimum absolute atomic E-state index is 0. The van der Waals surface area contributed by atoms with E-state index in [1.54, 1.807) is 6.20 Å². The standard InChI is InChI=1S/C22H29F2N5OS.C2H6.H2/c1-2-15-4-3-7-29(14-15)17-5-8-28(9-6-17)22-27-13-20(31-22)21(30)26-12-19-18(24)10-16(23)11-25-19;1-2;/h10-11,13,15,17H,2-9,12,14H2,1H3,(H,26,30);1-2H3;1H/t15-;;/m0../s1. The van der Waals surface area contributed by atoms with Gasteiger partial charge in [0.1, 0.15) is 16.5 Å². The van der Waals surface area contributed by atoms with Gasteiger partial charge in [-0.05, 0) is 38.1 Å². The Morgan fingerprint density at radius 3 is 2.64 bits per heavy atom. The average molecular weight is 482 g/mol. The van der Waals surface area contributed by atoms with Gasteiger partial charge >= 0.3 is 0 Å². The highest BCUT2D eigenvalue weighted by molar-refractivity contribution is 7.17. The third-order valence-electron chi connectivity index (χ3n) is 6.40. The van der Waals surface area contributed by atoms with Gasteiger partial charge in [-0.15, -0.1) is 0 Å². The number of piperidine rings is 2. The van der Waals surface area contributed by atoms with Crippen molar-refractivity contribution in [3.63, 3.8) is 0 Å². The van der Waals surface area contributed by atoms with Crippen LogP contribution in [0.2, 0.25) is 0 Å². The van der Waals surface area contributed by atoms with Crippen LogP contribution < -0.4 is 10.2 Å². The van der Waals surface area contributed by atoms with E-state index in [1.165, 1.54) is 43.7 Å². The number of pyridine rings is 1. The monoisotopic (exact) mass is 481 g/mol. The lowest BCUT2D eigenvalue weighted by atomic mass is 9.92. The second-order valence-corrected chi connectivity index (χ2v) is 9.41. The van der Waals surface area contributed by atoms with Gasteiger partial charge in [0, 0.05) is 33.2 Å². The van der Waals surface area contributed by atoms with Crippen molar-refractivity contribution in [2.24, 2.45) is 5.92 Å². The van der Waals surface area contributed by atoms with Crippen LogP contribution >= 0.6 is 11.3 Å². The van der Waals surface area contributed by atoms with E-state index < -0.39 is 11.6 Å². The van der Waals surface area contributed by atoms with Crippen LogP contribution in [0.25, 0.3) is 0 Å². The normalized spacial score (nSPS) is 19.7. The van der Waals surface area contributed by atoms with Crippen molar-refractivity contribution in [1.29, 1.82) is 0 Å². The molecule has 2 aliphatic heterocycles. The van der Waals surface area contributed by atoms with Crippen molar-refractivity contribution < 1.29 is 15.0 Å². The van der Waals surface area contributed by atoms with Crippen LogP contribution in [0.3, 0.4) is 0 Å². The summed E-state index contributed by atoms with van der Waals surface area (Å²) in [6, 6.07) is 1.40. The largest absolute Gasteiger partial charge is 0.348 e. The Labute approximate surface area is 200 Å². The highest BCUT2D eigenvalue weighted by Gasteiger charge is 2.29. The molecule has 1 atom stereocenters. The molecule has 0 spiro atoms. The van der Waals surface area contributed by atoms with Crippen LogP contribution in [0, 0.1) is 17.6 Å². The maximum atomic E-state index is 13.7. The fraction of sp³-hybridized carbons (Fsp3) is 0.625. The molecular weight excluding hydrogens is 444 g/mol. The summed E-state index contributed by atoms with van der Waals surface area (Å²) < 4.78 is 26.6. The molecule has 0 unspecified atom stereocenters. The number of aromatic nitrogens is 2. The van der Waals surface area contributed by atoms with Gasteiger partial charge in [-0.1, -0.05) is 38.5 Å². The fourth-order valence-corrected chi connectivity index (χ4v) is 5.41. The van der Waals surface area contributed by atoms with Crippen molar-refractivity contribution in [2.75, 3.05) is 31.1 Å². The molecule has 2 saturated heterocycles. The Hall–Kier alpha value is -2.13. The lowest BCUT2D eigenvalue weighted by Crippen LogP contribution is -2.48. The number of carbonyl (C=O) groups excluding carboxylic acids is 1. The fourth-order valence-electron chi connectivity index (χ4n) is 4.52. The quantitative estimate of drug-likeness (QED) is 0.621. The smallest absolute Gasteiger partial charge is 0.263 e. The van der Waals surface area contributed by atoms with Gasteiger partial charge in [-0.25, -0.2) is 13.8 Å². The molecule has 2 fully saturated rings. The van der Waals surface area contributed by atoms with E-state index >= 15 is 0 Å². The topological polar surface area (TPSA) is 61.4 Å². The molecule has 0 bridgehead atoms. The second-order valence-electron chi connectivity index (χ2n) is 8.40. The van der Waals surface area contributed by atoms with Crippen molar-refractivity contribution in [3.8, 4) is 0 Å². The van der Waals surface area contributed by atoms with Crippen molar-refractivity contribution in [1.82, 2.24) is 20.2 Å². The predicted octanol–water partition coefficient (Wildman–Crippen LogP) is 5.11. The Balaban J connectivity index is 0.00000133. The molecule has 2 aromatic rings. The number of hydrogen-bond acceptors (Lipinski definition) is 6. The number of anilines is 1. The van der Waals surface area contributed by atoms with E-state index in [2.05, 4.69) is 32.0 Å². The van der Waals surface area contributed by atoms with Gasteiger partial charge in [0.25, 0.3) is 5.91 Å². The van der Waals surface area contributed by atoms with E-state index in [1.807, 2.05) is 13.8 Å². The van der Waals surface area contributed by atoms with Crippen LogP contribution in [0.1, 0.15) is 69.7 Å². The van der Waals surface area contributed by atoms with Crippen LogP contribution in [0.4, 0.5) is 13.9 Å². The van der Waals surface area contributed by atoms with Crippen LogP contribution in [-0.4, -0.2) is 53.0 Å². The van der Waals surface area contributed by atoms with Crippen LogP contribution in [-0.2, 0) is 6.54 Å². The zero-order chi connectivity index (χ0) is 23.8. The molecular formula is C24H37F2N5OS. The Bertz CT molecular complexity index is 907. The van der Waals surface area contributed by atoms with E-state index in [0.29, 0.717) is 10.9 Å². The zero-order valence-electron chi connectivity index (χ0n) is 19.8. The van der Waals surface area contributed by atoms with Gasteiger partial charge in [-0.3, -0.25) is 14.7 Å². The molecule has 0 aliphatic carbocycles. The van der Waals surface area contributed by atoms with Gasteiger partial charge in [-0.2, -0.15) is 0 Å². The number of likely N-dealkylation sites (tertiary alicyclic amines) is 1. The summed E-state index contributed by atoms with van der Waals surface area (Å²) in [4.78, 5) is 26.0. The first-order chi connectivity index (χ1) is 16.0. The summed E-state index contributed by atoms with van der Waals surface area (Å²) in [5.74, 6) is -1.01. The third-order valence-corrected chi connectivity index (χ3v) is 7.45. The molecule has 2 aliphatic rings. The lowest BCUT2D eigenvalue weighted by Gasteiger charge is -2.42. The highest BCUT2D eigenvalue weighted by Crippen LogP contribution is 2.29. The number of thiazole rings is 1. The average Bonchev–Trinajstić information content (AvgIpc) is 3.35. The summed E-state index contributed by atoms with van der Waals surface area (Å²) >= 11 is 1.35. The van der Waals surface area contributed by atoms with E-state index in [-0.39, 0.29) is 19.6 Å². The van der Waals surface area contributed by atoms with Gasteiger partial charge in [0.05, 0.1) is 24.6 Å². The van der Waals surface area contributed by atoms with Crippen molar-refractivity contribution in [2.45, 2.75) is 65.5 Å². The summed E-state index contributed by atoms with van der Waals surface area (Å²) in [7, 11) is 0. The summed E-state index contributed by atoms with van der Waals surface area (Å²) in [6.45, 7) is 10.5. The van der Waals surface area contributed by atoms with Crippen molar-refractivity contribution in [3.05, 3.63) is 40.7 Å². The maximum absolute atomic E-state index is 13.7. The predicted molar refractivity (Wildman–Crippen MR) is 131 cm³/mol. The van der Waals surface area contributed by atoms with Crippen molar-refractivity contribution >= 4 is 22.4 Å². The molecule has 184 valence electrons. The zero-order valence-corrected chi connectivity index (χ0v) is 20.6. The lowest BCUT2D eigenvalue weighted by molar-refractivity contribution is 0.0954. The number of halogens is 2. The Morgan fingerprint density at radius 1 is 1.18 bits per heavy atom. The molecule has 6 nitrogen and oxygen atoms in total. The number of nitrogens with one attached hydrogen (secondary N) is 1. The number of nitrogens with zero attached hydrogens (tertiary/aromatic N) is 4. The number of rotatable bonds is 6. The minimum Gasteiger partial charge on any atom is -0.348 e. The Kier molecular flexibility index (Phi) is 9.55. The summed E-state index contributed by atoms with van der Waals surface area (Å²) in [5, 5.41) is 3.48. The highest BCUT2D eigenvalue weighted by atomic mass is 32.1. The van der Waals surface area contributed by atoms with Gasteiger partial charge in [0.15, 0.2) is 5.13 Å². The maximum Gasteiger partial charge on any atom is 0.263 e. The van der Waals surface area contributed by atoms with Gasteiger partial charge < -0.3 is 10.2 Å². The molecule has 0 aromatic carbocycles. The minimum atomic E-state index is -0.771. The molecule has 4 heterocycles. The second kappa shape index (κ2) is 12.4. The van der Waals surface area contributed by atoms with Crippen LogP contribution in [0.5, 0.6) is 0 Å². The molecule has 2 aromatic heterocycles. The number of carbonyl (C=O) groups is 1. The summed E-state index contributed by atoms with van der Waals surface area (Å²) in [6.07, 6.45) is 8.67. The first-order valence-corrected chi connectivity index (χ1v) is 12.9. The first-order valence-electron chi connectivity index (χ1n) is 12.1. The molecule has 9 heteroatoms. The molecule has 1 amide bonds. The van der Waals surface area contributed by atoms with E-state index in [9.17, 15) is 13.6 Å². The third kappa shape index (κ3) is 6.69. The summed E-state index contributed by atoms with van der Waals surface area (Å²) in [5.41, 5.74) is 0.00425. The van der Waals surface area contributed by atoms with E-state index in [0.717, 1.165) is 49.2 Å². The Morgan fingerprint density at radius 2 is 1.94 bits per heavy atom.